The van der Waals surface area contributed by atoms with E-state index >= 15 is 0 Å². The predicted molar refractivity (Wildman–Crippen MR) is 18.9 cm³/mol. The van der Waals surface area contributed by atoms with Crippen LogP contribution < -0.4 is 0 Å². The van der Waals surface area contributed by atoms with Gasteiger partial charge in [0.2, 0.25) is 0 Å². The van der Waals surface area contributed by atoms with Gasteiger partial charge >= 0.3 is 36.0 Å². The SMILES string of the molecule is O.O.[Cl][Ag][Cl]. The molecule has 2 nitrogen and oxygen atoms in total. The molecule has 0 saturated heterocycles. The second kappa shape index (κ2) is 18.8. The third-order valence-electron chi connectivity index (χ3n) is 0. The zero-order chi connectivity index (χ0) is 2.71. The summed E-state index contributed by atoms with van der Waals surface area (Å²) in [6, 6.07) is 0. The molecule has 4 N–H and O–H groups in total. The zero-order valence-electron chi connectivity index (χ0n) is 2.06. The van der Waals surface area contributed by atoms with E-state index in [4.69, 9.17) is 18.4 Å². The monoisotopic (exact) mass is 213 g/mol. The summed E-state index contributed by atoms with van der Waals surface area (Å²) in [6.45, 7) is 0. The van der Waals surface area contributed by atoms with Gasteiger partial charge in [0.15, 0.2) is 0 Å². The standard InChI is InChI=1S/Ag.2ClH.2H2O/h;2*1H;2*1H2/q+2;;;;/p-2. The van der Waals surface area contributed by atoms with Crippen molar-refractivity contribution in [3.8, 4) is 0 Å². The van der Waals surface area contributed by atoms with Crippen molar-refractivity contribution >= 4 is 18.4 Å². The van der Waals surface area contributed by atoms with Crippen molar-refractivity contribution in [2.24, 2.45) is 0 Å². The van der Waals surface area contributed by atoms with Crippen LogP contribution in [0.15, 0.2) is 0 Å². The number of rotatable bonds is 0. The molecule has 0 aromatic rings. The van der Waals surface area contributed by atoms with Gasteiger partial charge < -0.3 is 11.0 Å². The van der Waals surface area contributed by atoms with E-state index in [-0.39, 0.29) is 28.5 Å². The number of halogens is 2. The summed E-state index contributed by atoms with van der Waals surface area (Å²) in [5.74, 6) is 0. The molecule has 0 aliphatic rings. The summed E-state index contributed by atoms with van der Waals surface area (Å²) in [7, 11) is 9.59. The Morgan fingerprint density at radius 2 is 1.00 bits per heavy atom. The molecule has 41 valence electrons. The number of hydrogen-bond acceptors (Lipinski definition) is 0. The molecule has 0 saturated carbocycles. The van der Waals surface area contributed by atoms with Gasteiger partial charge in [-0.1, -0.05) is 0 Å². The molecule has 0 aliphatic carbocycles. The molecule has 0 bridgehead atoms. The summed E-state index contributed by atoms with van der Waals surface area (Å²) in [6.07, 6.45) is 0. The molecule has 0 fully saturated rings. The van der Waals surface area contributed by atoms with E-state index in [1.807, 2.05) is 0 Å². The van der Waals surface area contributed by atoms with Crippen LogP contribution in [-0.4, -0.2) is 11.0 Å². The van der Waals surface area contributed by atoms with E-state index in [0.717, 1.165) is 0 Å². The maximum absolute atomic E-state index is 4.79. The second-order valence-electron chi connectivity index (χ2n) is 0.0431. The minimum absolute atomic E-state index is 0. The van der Waals surface area contributed by atoms with Crippen LogP contribution in [-0.2, 0) is 17.6 Å². The van der Waals surface area contributed by atoms with E-state index < -0.39 is 0 Å². The molecule has 0 amide bonds. The number of hydrogen-bond donors (Lipinski definition) is 0. The first-order chi connectivity index (χ1) is 1.41. The molecule has 0 aromatic carbocycles. The van der Waals surface area contributed by atoms with Crippen LogP contribution in [0.5, 0.6) is 0 Å². The van der Waals surface area contributed by atoms with E-state index in [1.54, 1.807) is 0 Å². The average molecular weight is 215 g/mol. The average Bonchev–Trinajstić information content (AvgIpc) is 0.918. The first-order valence-electron chi connectivity index (χ1n) is 0.228. The van der Waals surface area contributed by atoms with Crippen molar-refractivity contribution in [2.45, 2.75) is 0 Å². The quantitative estimate of drug-likeness (QED) is 0.499. The van der Waals surface area contributed by atoms with Crippen molar-refractivity contribution in [3.63, 3.8) is 0 Å². The molecule has 0 atom stereocenters. The minimum atomic E-state index is 0. The van der Waals surface area contributed by atoms with Gasteiger partial charge in [0.05, 0.1) is 0 Å². The maximum atomic E-state index is 4.79. The van der Waals surface area contributed by atoms with Crippen molar-refractivity contribution in [1.82, 2.24) is 0 Å². The topological polar surface area (TPSA) is 63.0 Å². The van der Waals surface area contributed by atoms with Crippen molar-refractivity contribution in [2.75, 3.05) is 0 Å². The van der Waals surface area contributed by atoms with Crippen LogP contribution in [0.4, 0.5) is 0 Å². The zero-order valence-corrected chi connectivity index (χ0v) is 5.05. The van der Waals surface area contributed by atoms with Crippen LogP contribution in [0.2, 0.25) is 0 Å². The molecule has 0 rings (SSSR count). The summed E-state index contributed by atoms with van der Waals surface area (Å²) >= 11 is 0.0144. The Balaban J connectivity index is -0.0000000200. The summed E-state index contributed by atoms with van der Waals surface area (Å²) in [5.41, 5.74) is 0. The fraction of sp³-hybridized carbons (Fsp3) is 0. The van der Waals surface area contributed by atoms with E-state index in [2.05, 4.69) is 0 Å². The van der Waals surface area contributed by atoms with E-state index in [9.17, 15) is 0 Å². The Morgan fingerprint density at radius 1 is 1.00 bits per heavy atom. The Hall–Kier alpha value is 1.24. The molecule has 0 aromatic heterocycles. The van der Waals surface area contributed by atoms with Crippen LogP contribution in [0.1, 0.15) is 0 Å². The third-order valence-corrected chi connectivity index (χ3v) is 0. The fourth-order valence-corrected chi connectivity index (χ4v) is 0. The summed E-state index contributed by atoms with van der Waals surface area (Å²) < 4.78 is 0. The summed E-state index contributed by atoms with van der Waals surface area (Å²) in [5, 5.41) is 0. The van der Waals surface area contributed by atoms with Crippen LogP contribution >= 0.6 is 18.4 Å². The Bertz CT molecular complexity index is 7.61. The second-order valence-corrected chi connectivity index (χ2v) is 2.29. The summed E-state index contributed by atoms with van der Waals surface area (Å²) in [4.78, 5) is 0. The van der Waals surface area contributed by atoms with E-state index in [0.29, 0.717) is 0 Å². The van der Waals surface area contributed by atoms with Gasteiger partial charge in [-0.25, -0.2) is 0 Å². The van der Waals surface area contributed by atoms with Crippen LogP contribution in [0.3, 0.4) is 0 Å². The predicted octanol–water partition coefficient (Wildman–Crippen LogP) is -0.273. The molecule has 5 heteroatoms. The molecule has 0 spiro atoms. The molecular formula is H4AgCl2O2. The molecule has 0 heterocycles. The molecular weight excluding hydrogens is 211 g/mol. The molecule has 0 radical (unpaired) electrons. The van der Waals surface area contributed by atoms with Crippen LogP contribution in [0, 0.1) is 0 Å². The van der Waals surface area contributed by atoms with Gasteiger partial charge in [0.25, 0.3) is 0 Å². The molecule has 0 unspecified atom stereocenters. The Kier molecular flexibility index (Phi) is 61.3. The first kappa shape index (κ1) is 16.3. The van der Waals surface area contributed by atoms with Gasteiger partial charge in [-0.3, -0.25) is 0 Å². The van der Waals surface area contributed by atoms with Gasteiger partial charge in [0, 0.05) is 0 Å². The van der Waals surface area contributed by atoms with Gasteiger partial charge in [-0.15, -0.1) is 0 Å². The normalized spacial score (nSPS) is 4.40. The first-order valence-corrected chi connectivity index (χ1v) is 4.05. The molecule has 5 heavy (non-hydrogen) atoms. The van der Waals surface area contributed by atoms with E-state index in [1.165, 1.54) is 0 Å². The fourth-order valence-electron chi connectivity index (χ4n) is 0. The van der Waals surface area contributed by atoms with Crippen LogP contribution in [0.25, 0.3) is 0 Å². The molecule has 0 aliphatic heterocycles. The third kappa shape index (κ3) is 35.8. The van der Waals surface area contributed by atoms with Crippen molar-refractivity contribution in [3.05, 3.63) is 0 Å². The van der Waals surface area contributed by atoms with Gasteiger partial charge in [0.1, 0.15) is 0 Å². The van der Waals surface area contributed by atoms with Crippen molar-refractivity contribution < 1.29 is 28.5 Å². The van der Waals surface area contributed by atoms with Gasteiger partial charge in [-0.2, -0.15) is 0 Å². The van der Waals surface area contributed by atoms with Crippen molar-refractivity contribution in [1.29, 1.82) is 0 Å². The van der Waals surface area contributed by atoms with Gasteiger partial charge in [-0.05, 0) is 0 Å². The Labute approximate surface area is 47.0 Å². The Morgan fingerprint density at radius 3 is 1.00 bits per heavy atom.